The molecule has 0 bridgehead atoms. The topological polar surface area (TPSA) is 86.7 Å². The van der Waals surface area contributed by atoms with Crippen LogP contribution < -0.4 is 5.32 Å². The van der Waals surface area contributed by atoms with Gasteiger partial charge in [-0.1, -0.05) is 18.2 Å². The number of fused-ring (bicyclic) bond motifs is 1. The van der Waals surface area contributed by atoms with Crippen LogP contribution in [0.25, 0.3) is 0 Å². The Hall–Kier alpha value is -2.02. The van der Waals surface area contributed by atoms with Crippen LogP contribution in [-0.4, -0.2) is 52.4 Å². The number of aliphatic carboxylic acids is 1. The summed E-state index contributed by atoms with van der Waals surface area (Å²) in [5.41, 5.74) is 1.59. The molecule has 2 amide bonds. The number of thioether (sulfide) groups is 1. The maximum Gasteiger partial charge on any atom is 0.313 e. The molecule has 2 N–H and O–H groups in total. The molecule has 6 nitrogen and oxygen atoms in total. The van der Waals surface area contributed by atoms with E-state index >= 15 is 0 Å². The molecule has 0 saturated carbocycles. The summed E-state index contributed by atoms with van der Waals surface area (Å²) in [5, 5.41) is 11.2. The Kier molecular flexibility index (Phi) is 5.21. The van der Waals surface area contributed by atoms with Crippen LogP contribution in [0.1, 0.15) is 15.9 Å². The maximum atomic E-state index is 12.1. The zero-order chi connectivity index (χ0) is 15.2. The van der Waals surface area contributed by atoms with Gasteiger partial charge in [0.15, 0.2) is 0 Å². The van der Waals surface area contributed by atoms with Crippen LogP contribution in [0.15, 0.2) is 24.3 Å². The molecule has 7 heteroatoms. The van der Waals surface area contributed by atoms with Crippen LogP contribution in [0.3, 0.4) is 0 Å². The predicted molar refractivity (Wildman–Crippen MR) is 79.2 cm³/mol. The minimum Gasteiger partial charge on any atom is -0.481 e. The van der Waals surface area contributed by atoms with E-state index in [2.05, 4.69) is 5.32 Å². The summed E-state index contributed by atoms with van der Waals surface area (Å²) < 4.78 is 0. The molecule has 0 unspecified atom stereocenters. The van der Waals surface area contributed by atoms with E-state index in [1.54, 1.807) is 12.1 Å². The largest absolute Gasteiger partial charge is 0.481 e. The van der Waals surface area contributed by atoms with Crippen LogP contribution in [0, 0.1) is 0 Å². The number of nitrogens with zero attached hydrogens (tertiary/aromatic N) is 1. The second kappa shape index (κ2) is 7.12. The molecular formula is C14H16N2O4S. The third kappa shape index (κ3) is 4.22. The number of nitrogens with one attached hydrogen (secondary N) is 1. The third-order valence-corrected chi connectivity index (χ3v) is 3.97. The minimum absolute atomic E-state index is 0.0236. The van der Waals surface area contributed by atoms with Crippen LogP contribution >= 0.6 is 11.8 Å². The first-order valence-corrected chi connectivity index (χ1v) is 7.67. The monoisotopic (exact) mass is 308 g/mol. The van der Waals surface area contributed by atoms with Crippen LogP contribution in [0.2, 0.25) is 0 Å². The summed E-state index contributed by atoms with van der Waals surface area (Å²) in [5.74, 6) is -0.665. The molecule has 112 valence electrons. The third-order valence-electron chi connectivity index (χ3n) is 3.02. The van der Waals surface area contributed by atoms with Gasteiger partial charge in [-0.05, 0) is 11.6 Å². The molecule has 1 aromatic carbocycles. The fourth-order valence-electron chi connectivity index (χ4n) is 2.09. The van der Waals surface area contributed by atoms with E-state index in [-0.39, 0.29) is 24.1 Å². The molecular weight excluding hydrogens is 292 g/mol. The van der Waals surface area contributed by atoms with E-state index in [9.17, 15) is 14.4 Å². The molecule has 0 saturated heterocycles. The Morgan fingerprint density at radius 3 is 2.81 bits per heavy atom. The summed E-state index contributed by atoms with van der Waals surface area (Å²) in [6.45, 7) is 0.874. The highest BCUT2D eigenvalue weighted by Gasteiger charge is 2.27. The highest BCUT2D eigenvalue weighted by atomic mass is 32.2. The number of hydrogen-bond acceptors (Lipinski definition) is 4. The van der Waals surface area contributed by atoms with Crippen molar-refractivity contribution in [3.05, 3.63) is 35.4 Å². The molecule has 0 atom stereocenters. The van der Waals surface area contributed by atoms with E-state index in [1.807, 2.05) is 12.1 Å². The quantitative estimate of drug-likeness (QED) is 0.719. The molecule has 0 aliphatic carbocycles. The zero-order valence-electron chi connectivity index (χ0n) is 11.4. The summed E-state index contributed by atoms with van der Waals surface area (Å²) in [7, 11) is 0. The number of rotatable bonds is 7. The van der Waals surface area contributed by atoms with Crippen molar-refractivity contribution in [1.82, 2.24) is 10.2 Å². The van der Waals surface area contributed by atoms with Crippen molar-refractivity contribution in [1.29, 1.82) is 0 Å². The van der Waals surface area contributed by atoms with Crippen molar-refractivity contribution >= 4 is 29.5 Å². The van der Waals surface area contributed by atoms with Crippen LogP contribution in [0.5, 0.6) is 0 Å². The number of carboxylic acid groups (broad SMARTS) is 1. The zero-order valence-corrected chi connectivity index (χ0v) is 12.2. The van der Waals surface area contributed by atoms with Crippen molar-refractivity contribution in [2.45, 2.75) is 6.54 Å². The van der Waals surface area contributed by atoms with E-state index < -0.39 is 5.97 Å². The average molecular weight is 308 g/mol. The fourth-order valence-corrected chi connectivity index (χ4v) is 2.66. The molecule has 1 aliphatic rings. The lowest BCUT2D eigenvalue weighted by Gasteiger charge is -2.15. The summed E-state index contributed by atoms with van der Waals surface area (Å²) >= 11 is 1.24. The number of carbonyl (C=O) groups is 3. The normalized spacial score (nSPS) is 13.1. The van der Waals surface area contributed by atoms with E-state index in [1.165, 1.54) is 16.7 Å². The summed E-state index contributed by atoms with van der Waals surface area (Å²) in [4.78, 5) is 35.6. The van der Waals surface area contributed by atoms with Gasteiger partial charge in [-0.3, -0.25) is 14.4 Å². The van der Waals surface area contributed by atoms with E-state index in [0.29, 0.717) is 24.4 Å². The van der Waals surface area contributed by atoms with Crippen molar-refractivity contribution in [2.75, 3.05) is 24.6 Å². The van der Waals surface area contributed by atoms with Crippen LogP contribution in [-0.2, 0) is 16.1 Å². The van der Waals surface area contributed by atoms with Crippen molar-refractivity contribution in [2.24, 2.45) is 0 Å². The van der Waals surface area contributed by atoms with Crippen molar-refractivity contribution in [3.8, 4) is 0 Å². The Labute approximate surface area is 126 Å². The fraction of sp³-hybridized carbons (Fsp3) is 0.357. The smallest absolute Gasteiger partial charge is 0.313 e. The van der Waals surface area contributed by atoms with Gasteiger partial charge in [0.1, 0.15) is 6.54 Å². The number of carboxylic acids is 1. The maximum absolute atomic E-state index is 12.1. The summed E-state index contributed by atoms with van der Waals surface area (Å²) in [6.07, 6.45) is 0. The number of hydrogen-bond donors (Lipinski definition) is 2. The molecule has 0 radical (unpaired) electrons. The van der Waals surface area contributed by atoms with E-state index in [4.69, 9.17) is 5.11 Å². The standard InChI is InChI=1S/C14H16N2O4S/c17-12(15-5-6-21-9-13(18)19)8-16-7-10-3-1-2-4-11(10)14(16)20/h1-4H,5-9H2,(H,15,17)(H,18,19). The van der Waals surface area contributed by atoms with Crippen LogP contribution in [0.4, 0.5) is 0 Å². The van der Waals surface area contributed by atoms with Gasteiger partial charge in [-0.15, -0.1) is 11.8 Å². The van der Waals surface area contributed by atoms with Gasteiger partial charge in [0.25, 0.3) is 5.91 Å². The molecule has 1 aliphatic heterocycles. The van der Waals surface area contributed by atoms with Gasteiger partial charge in [0.05, 0.1) is 5.75 Å². The number of amides is 2. The summed E-state index contributed by atoms with van der Waals surface area (Å²) in [6, 6.07) is 7.32. The first-order valence-electron chi connectivity index (χ1n) is 6.51. The first kappa shape index (κ1) is 15.4. The second-order valence-electron chi connectivity index (χ2n) is 4.61. The van der Waals surface area contributed by atoms with E-state index in [0.717, 1.165) is 5.56 Å². The Morgan fingerprint density at radius 1 is 1.33 bits per heavy atom. The van der Waals surface area contributed by atoms with Crippen molar-refractivity contribution < 1.29 is 19.5 Å². The van der Waals surface area contributed by atoms with Gasteiger partial charge in [-0.25, -0.2) is 0 Å². The Morgan fingerprint density at radius 2 is 2.10 bits per heavy atom. The lowest BCUT2D eigenvalue weighted by molar-refractivity contribution is -0.133. The highest BCUT2D eigenvalue weighted by Crippen LogP contribution is 2.21. The Bertz CT molecular complexity index is 562. The van der Waals surface area contributed by atoms with Gasteiger partial charge in [-0.2, -0.15) is 0 Å². The Balaban J connectivity index is 1.72. The number of carbonyl (C=O) groups excluding carboxylic acids is 2. The number of benzene rings is 1. The average Bonchev–Trinajstić information content (AvgIpc) is 2.75. The lowest BCUT2D eigenvalue weighted by Crippen LogP contribution is -2.38. The van der Waals surface area contributed by atoms with Gasteiger partial charge < -0.3 is 15.3 Å². The molecule has 1 heterocycles. The van der Waals surface area contributed by atoms with Gasteiger partial charge in [0.2, 0.25) is 5.91 Å². The minimum atomic E-state index is -0.869. The second-order valence-corrected chi connectivity index (χ2v) is 5.72. The van der Waals surface area contributed by atoms with Gasteiger partial charge >= 0.3 is 5.97 Å². The molecule has 0 spiro atoms. The van der Waals surface area contributed by atoms with Crippen molar-refractivity contribution in [3.63, 3.8) is 0 Å². The van der Waals surface area contributed by atoms with Gasteiger partial charge in [0, 0.05) is 24.4 Å². The SMILES string of the molecule is O=C(O)CSCCNC(=O)CN1Cc2ccccc2C1=O. The molecule has 21 heavy (non-hydrogen) atoms. The lowest BCUT2D eigenvalue weighted by atomic mass is 10.1. The highest BCUT2D eigenvalue weighted by molar-refractivity contribution is 7.99. The first-order chi connectivity index (χ1) is 10.1. The predicted octanol–water partition coefficient (Wildman–Crippen LogP) is 0.576. The molecule has 2 rings (SSSR count). The molecule has 0 aromatic heterocycles. The molecule has 1 aromatic rings. The molecule has 0 fully saturated rings.